The van der Waals surface area contributed by atoms with E-state index < -0.39 is 17.6 Å². The molecule has 0 radical (unpaired) electrons. The summed E-state index contributed by atoms with van der Waals surface area (Å²) in [6.07, 6.45) is 1.64. The van der Waals surface area contributed by atoms with Gasteiger partial charge in [-0.1, -0.05) is 19.9 Å². The van der Waals surface area contributed by atoms with E-state index in [1.165, 1.54) is 12.1 Å². The van der Waals surface area contributed by atoms with Crippen LogP contribution in [0.4, 0.5) is 10.1 Å². The minimum absolute atomic E-state index is 0.0128. The molecule has 10 heteroatoms. The summed E-state index contributed by atoms with van der Waals surface area (Å²) in [5.74, 6) is -2.71. The van der Waals surface area contributed by atoms with E-state index in [-0.39, 0.29) is 40.5 Å². The number of nitrogens with zero attached hydrogens (tertiary/aromatic N) is 3. The number of amidine groups is 2. The van der Waals surface area contributed by atoms with Gasteiger partial charge in [0.05, 0.1) is 11.3 Å². The Morgan fingerprint density at radius 1 is 1.11 bits per heavy atom. The first kappa shape index (κ1) is 26.6. The number of carbonyl (C=O) groups excluding carboxylic acids is 1. The highest BCUT2D eigenvalue weighted by molar-refractivity contribution is 6.48. The van der Waals surface area contributed by atoms with Crippen LogP contribution >= 0.6 is 0 Å². The predicted octanol–water partition coefficient (Wildman–Crippen LogP) is 3.20. The third kappa shape index (κ3) is 6.08. The van der Waals surface area contributed by atoms with Crippen LogP contribution in [0.1, 0.15) is 49.3 Å². The van der Waals surface area contributed by atoms with Crippen molar-refractivity contribution in [2.75, 3.05) is 38.1 Å². The molecule has 4 rings (SSSR count). The summed E-state index contributed by atoms with van der Waals surface area (Å²) < 4.78 is 15.3. The van der Waals surface area contributed by atoms with Gasteiger partial charge < -0.3 is 20.4 Å². The highest BCUT2D eigenvalue weighted by atomic mass is 19.1. The van der Waals surface area contributed by atoms with E-state index in [4.69, 9.17) is 10.8 Å². The summed E-state index contributed by atoms with van der Waals surface area (Å²) >= 11 is 0. The molecule has 2 fully saturated rings. The zero-order chi connectivity index (χ0) is 26.9. The normalized spacial score (nSPS) is 16.6. The van der Waals surface area contributed by atoms with Gasteiger partial charge in [-0.05, 0) is 49.6 Å². The Morgan fingerprint density at radius 3 is 2.38 bits per heavy atom. The molecule has 5 N–H and O–H groups in total. The number of phenols is 2. The van der Waals surface area contributed by atoms with Crippen molar-refractivity contribution in [2.24, 2.45) is 0 Å². The summed E-state index contributed by atoms with van der Waals surface area (Å²) in [4.78, 5) is 18.2. The number of aromatic hydroxyl groups is 2. The molecule has 198 valence electrons. The van der Waals surface area contributed by atoms with Crippen LogP contribution in [0.2, 0.25) is 0 Å². The zero-order valence-corrected chi connectivity index (χ0v) is 21.5. The first-order valence-corrected chi connectivity index (χ1v) is 12.6. The number of benzene rings is 2. The zero-order valence-electron chi connectivity index (χ0n) is 21.5. The van der Waals surface area contributed by atoms with Gasteiger partial charge in [-0.15, -0.1) is 0 Å². The molecule has 0 bridgehead atoms. The molecule has 0 spiro atoms. The van der Waals surface area contributed by atoms with E-state index >= 15 is 4.39 Å². The summed E-state index contributed by atoms with van der Waals surface area (Å²) in [5.41, 5.74) is 1.13. The Hall–Kier alpha value is -3.50. The Morgan fingerprint density at radius 2 is 1.78 bits per heavy atom. The lowest BCUT2D eigenvalue weighted by Crippen LogP contribution is -2.46. The van der Waals surface area contributed by atoms with Gasteiger partial charge in [0.2, 0.25) is 0 Å². The third-order valence-corrected chi connectivity index (χ3v) is 6.88. The van der Waals surface area contributed by atoms with Crippen LogP contribution in [0.15, 0.2) is 30.3 Å². The number of phenolic OH excluding ortho intramolecular Hbond substituents is 2. The largest absolute Gasteiger partial charge is 0.508 e. The molecule has 9 nitrogen and oxygen atoms in total. The molecule has 2 aromatic rings. The quantitative estimate of drug-likeness (QED) is 0.300. The highest BCUT2D eigenvalue weighted by Crippen LogP contribution is 2.34. The van der Waals surface area contributed by atoms with Gasteiger partial charge in [0.15, 0.2) is 5.84 Å². The summed E-state index contributed by atoms with van der Waals surface area (Å²) in [6.45, 7) is 7.64. The van der Waals surface area contributed by atoms with Gasteiger partial charge in [0, 0.05) is 50.4 Å². The number of amides is 1. The van der Waals surface area contributed by atoms with Crippen molar-refractivity contribution >= 4 is 23.3 Å². The van der Waals surface area contributed by atoms with Crippen molar-refractivity contribution in [3.8, 4) is 11.5 Å². The summed E-state index contributed by atoms with van der Waals surface area (Å²) in [5, 5.41) is 41.0. The number of hydrogen-bond donors (Lipinski definition) is 5. The maximum absolute atomic E-state index is 15.3. The smallest absolute Gasteiger partial charge is 0.287 e. The van der Waals surface area contributed by atoms with Crippen molar-refractivity contribution in [1.82, 2.24) is 15.1 Å². The minimum Gasteiger partial charge on any atom is -0.508 e. The molecule has 1 aliphatic carbocycles. The van der Waals surface area contributed by atoms with Crippen LogP contribution in [-0.2, 0) is 11.3 Å². The number of nitrogens with one attached hydrogen (secondary N) is 3. The number of likely N-dealkylation sites (N-methyl/N-ethyl adjacent to an activating group) is 1. The van der Waals surface area contributed by atoms with Crippen molar-refractivity contribution < 1.29 is 19.4 Å². The number of rotatable bonds is 6. The second kappa shape index (κ2) is 10.9. The van der Waals surface area contributed by atoms with Crippen molar-refractivity contribution in [3.05, 3.63) is 52.8 Å². The van der Waals surface area contributed by atoms with E-state index in [2.05, 4.69) is 22.2 Å². The van der Waals surface area contributed by atoms with Gasteiger partial charge in [-0.2, -0.15) is 0 Å². The molecule has 1 heterocycles. The van der Waals surface area contributed by atoms with Crippen molar-refractivity contribution in [2.45, 2.75) is 45.2 Å². The molecule has 0 aromatic heterocycles. The fourth-order valence-electron chi connectivity index (χ4n) is 4.37. The van der Waals surface area contributed by atoms with Crippen LogP contribution in [0.25, 0.3) is 0 Å². The minimum atomic E-state index is -0.684. The van der Waals surface area contributed by atoms with Gasteiger partial charge in [-0.3, -0.25) is 25.4 Å². The maximum Gasteiger partial charge on any atom is 0.287 e. The second-order valence-electron chi connectivity index (χ2n) is 10.2. The lowest BCUT2D eigenvalue weighted by atomic mass is 9.98. The van der Waals surface area contributed by atoms with E-state index in [1.54, 1.807) is 12.1 Å². The van der Waals surface area contributed by atoms with E-state index in [0.717, 1.165) is 50.0 Å². The molecule has 1 amide bonds. The number of halogens is 1. The molecular weight excluding hydrogens is 475 g/mol. The van der Waals surface area contributed by atoms with Crippen LogP contribution in [0.5, 0.6) is 11.5 Å². The van der Waals surface area contributed by atoms with Crippen LogP contribution in [-0.4, -0.2) is 76.9 Å². The standard InChI is InChI=1S/C27H35FN6O3/c1-16(2)20-13-21(24(36)14-23(20)35)25(29)34(26(30)27(37)31-18-5-6-18)19-7-4-17(22(28)12-19)15-33-10-8-32(3)9-11-33/h4,7,12-14,16,18,29-30,35-36H,5-6,8-11,15H2,1-3H3,(H,31,37). The van der Waals surface area contributed by atoms with Gasteiger partial charge >= 0.3 is 0 Å². The topological polar surface area (TPSA) is 127 Å². The molecule has 2 aromatic carbocycles. The predicted molar refractivity (Wildman–Crippen MR) is 141 cm³/mol. The Bertz CT molecular complexity index is 1200. The van der Waals surface area contributed by atoms with Gasteiger partial charge in [0.1, 0.15) is 23.2 Å². The SMILES string of the molecule is CC(C)c1cc(C(=N)N(C(=N)C(=O)NC2CC2)c2ccc(CN3CCN(C)CC3)c(F)c2)c(O)cc1O. The van der Waals surface area contributed by atoms with Crippen LogP contribution < -0.4 is 10.2 Å². The molecule has 0 atom stereocenters. The Kier molecular flexibility index (Phi) is 7.79. The van der Waals surface area contributed by atoms with E-state index in [9.17, 15) is 15.0 Å². The molecule has 37 heavy (non-hydrogen) atoms. The van der Waals surface area contributed by atoms with E-state index in [1.807, 2.05) is 13.8 Å². The molecule has 1 saturated carbocycles. The average Bonchev–Trinajstić information content (AvgIpc) is 3.66. The van der Waals surface area contributed by atoms with Gasteiger partial charge in [0.25, 0.3) is 5.91 Å². The van der Waals surface area contributed by atoms with E-state index in [0.29, 0.717) is 17.7 Å². The summed E-state index contributed by atoms with van der Waals surface area (Å²) in [6, 6.07) is 7.02. The molecule has 1 aliphatic heterocycles. The van der Waals surface area contributed by atoms with Crippen molar-refractivity contribution in [1.29, 1.82) is 10.8 Å². The molecular formula is C27H35FN6O3. The Labute approximate surface area is 216 Å². The van der Waals surface area contributed by atoms with Crippen LogP contribution in [0, 0.1) is 16.6 Å². The monoisotopic (exact) mass is 510 g/mol. The first-order valence-electron chi connectivity index (χ1n) is 12.6. The first-order chi connectivity index (χ1) is 17.5. The lowest BCUT2D eigenvalue weighted by molar-refractivity contribution is -0.115. The fourth-order valence-corrected chi connectivity index (χ4v) is 4.37. The average molecular weight is 511 g/mol. The number of hydrogen-bond acceptors (Lipinski definition) is 7. The fraction of sp³-hybridized carbons (Fsp3) is 0.444. The Balaban J connectivity index is 1.67. The second-order valence-corrected chi connectivity index (χ2v) is 10.2. The third-order valence-electron chi connectivity index (χ3n) is 6.88. The van der Waals surface area contributed by atoms with Crippen molar-refractivity contribution in [3.63, 3.8) is 0 Å². The molecule has 2 aliphatic rings. The molecule has 0 unspecified atom stereocenters. The maximum atomic E-state index is 15.3. The van der Waals surface area contributed by atoms with Crippen LogP contribution in [0.3, 0.4) is 0 Å². The number of piperazine rings is 1. The number of anilines is 1. The molecule has 1 saturated heterocycles. The number of carbonyl (C=O) groups is 1. The highest BCUT2D eigenvalue weighted by Gasteiger charge is 2.31. The lowest BCUT2D eigenvalue weighted by Gasteiger charge is -2.32. The van der Waals surface area contributed by atoms with Gasteiger partial charge in [-0.25, -0.2) is 4.39 Å². The summed E-state index contributed by atoms with van der Waals surface area (Å²) in [7, 11) is 2.06.